The van der Waals surface area contributed by atoms with Gasteiger partial charge in [-0.05, 0) is 30.3 Å². The number of nitrogens with one attached hydrogen (secondary N) is 1. The fourth-order valence-corrected chi connectivity index (χ4v) is 1.97. The molecule has 0 saturated heterocycles. The Hall–Kier alpha value is -2.06. The Kier molecular flexibility index (Phi) is 4.76. The third-order valence-corrected chi connectivity index (χ3v) is 3.17. The van der Waals surface area contributed by atoms with Crippen LogP contribution in [0.1, 0.15) is 0 Å². The summed E-state index contributed by atoms with van der Waals surface area (Å²) in [6.45, 7) is 0.911. The third kappa shape index (κ3) is 3.97. The third-order valence-electron chi connectivity index (χ3n) is 3.17. The molecule has 1 N–H and O–H groups in total. The van der Waals surface area contributed by atoms with Gasteiger partial charge in [-0.15, -0.1) is 0 Å². The van der Waals surface area contributed by atoms with E-state index in [4.69, 9.17) is 0 Å². The van der Waals surface area contributed by atoms with Crippen LogP contribution in [0.5, 0.6) is 0 Å². The monoisotopic (exact) mass is 253 g/mol. The minimum atomic E-state index is 0.911. The number of quaternary nitrogens is 1. The van der Waals surface area contributed by atoms with E-state index in [1.54, 1.807) is 0 Å². The molecule has 0 fully saturated rings. The van der Waals surface area contributed by atoms with Crippen LogP contribution in [-0.4, -0.2) is 20.6 Å². The Morgan fingerprint density at radius 1 is 0.947 bits per heavy atom. The minimum absolute atomic E-state index is 0.911. The van der Waals surface area contributed by atoms with Gasteiger partial charge in [-0.25, -0.2) is 0 Å². The Morgan fingerprint density at radius 2 is 1.53 bits per heavy atom. The van der Waals surface area contributed by atoms with E-state index in [-0.39, 0.29) is 0 Å². The maximum atomic E-state index is 2.23. The first-order valence-electron chi connectivity index (χ1n) is 6.59. The smallest absolute Gasteiger partial charge is 0.135 e. The summed E-state index contributed by atoms with van der Waals surface area (Å²) < 4.78 is 0. The second kappa shape index (κ2) is 6.76. The van der Waals surface area contributed by atoms with Gasteiger partial charge in [-0.1, -0.05) is 36.4 Å². The van der Waals surface area contributed by atoms with E-state index >= 15 is 0 Å². The van der Waals surface area contributed by atoms with Crippen molar-refractivity contribution in [2.24, 2.45) is 0 Å². The maximum Gasteiger partial charge on any atom is 0.135 e. The van der Waals surface area contributed by atoms with E-state index in [1.165, 1.54) is 16.3 Å². The van der Waals surface area contributed by atoms with Crippen molar-refractivity contribution in [2.45, 2.75) is 0 Å². The molecule has 2 rings (SSSR count). The molecule has 0 aliphatic heterocycles. The van der Waals surface area contributed by atoms with Gasteiger partial charge in [0.15, 0.2) is 0 Å². The first-order valence-corrected chi connectivity index (χ1v) is 6.59. The van der Waals surface area contributed by atoms with E-state index in [0.717, 1.165) is 6.54 Å². The van der Waals surface area contributed by atoms with Crippen LogP contribution in [0.2, 0.25) is 0 Å². The highest BCUT2D eigenvalue weighted by Crippen LogP contribution is 2.10. The number of hydrogen-bond acceptors (Lipinski definition) is 1. The normalized spacial score (nSPS) is 12.5. The molecule has 0 saturated carbocycles. The number of hydrogen-bond donors (Lipinski definition) is 1. The highest BCUT2D eigenvalue weighted by Gasteiger charge is 2.01. The fraction of sp³-hybridized carbons (Fsp3) is 0.176. The van der Waals surface area contributed by atoms with Crippen molar-refractivity contribution in [2.75, 3.05) is 25.5 Å². The summed E-state index contributed by atoms with van der Waals surface area (Å²) in [7, 11) is 4.26. The molecule has 0 aliphatic rings. The highest BCUT2D eigenvalue weighted by atomic mass is 15.1. The van der Waals surface area contributed by atoms with Crippen LogP contribution in [0, 0.1) is 0 Å². The van der Waals surface area contributed by atoms with E-state index in [9.17, 15) is 0 Å². The lowest BCUT2D eigenvalue weighted by Crippen LogP contribution is -2.98. The highest BCUT2D eigenvalue weighted by molar-refractivity contribution is 5.45. The van der Waals surface area contributed by atoms with Crippen LogP contribution >= 0.6 is 0 Å². The van der Waals surface area contributed by atoms with E-state index in [2.05, 4.69) is 79.8 Å². The van der Waals surface area contributed by atoms with Crippen LogP contribution in [0.15, 0.2) is 72.9 Å². The molecule has 2 nitrogen and oxygen atoms in total. The van der Waals surface area contributed by atoms with E-state index < -0.39 is 0 Å². The number of nitrogens with zero attached hydrogens (tertiary/aromatic N) is 1. The Bertz CT molecular complexity index is 505. The molecule has 0 amide bonds. The zero-order valence-electron chi connectivity index (χ0n) is 11.6. The van der Waals surface area contributed by atoms with Gasteiger partial charge in [-0.3, -0.25) is 4.90 Å². The fourth-order valence-electron chi connectivity index (χ4n) is 1.97. The van der Waals surface area contributed by atoms with Crippen molar-refractivity contribution >= 4 is 11.4 Å². The maximum absolute atomic E-state index is 2.23. The average molecular weight is 253 g/mol. The van der Waals surface area contributed by atoms with Gasteiger partial charge in [0.2, 0.25) is 0 Å². The Labute approximate surface area is 115 Å². The van der Waals surface area contributed by atoms with Gasteiger partial charge in [0, 0.05) is 19.3 Å². The summed E-state index contributed by atoms with van der Waals surface area (Å²) in [4.78, 5) is 3.52. The van der Waals surface area contributed by atoms with Gasteiger partial charge in [0.25, 0.3) is 0 Å². The van der Waals surface area contributed by atoms with Crippen molar-refractivity contribution in [3.8, 4) is 0 Å². The Morgan fingerprint density at radius 3 is 2.16 bits per heavy atom. The molecular formula is C17H21N2+. The lowest BCUT2D eigenvalue weighted by Gasteiger charge is -2.17. The summed E-state index contributed by atoms with van der Waals surface area (Å²) >= 11 is 0. The minimum Gasteiger partial charge on any atom is -0.371 e. The molecule has 2 aromatic rings. The molecule has 0 bridgehead atoms. The quantitative estimate of drug-likeness (QED) is 0.860. The van der Waals surface area contributed by atoms with Crippen molar-refractivity contribution in [3.05, 3.63) is 72.9 Å². The number of para-hydroxylation sites is 2. The molecule has 0 radical (unpaired) electrons. The topological polar surface area (TPSA) is 7.68 Å². The van der Waals surface area contributed by atoms with Gasteiger partial charge in [0.1, 0.15) is 5.69 Å². The average Bonchev–Trinajstić information content (AvgIpc) is 2.49. The predicted octanol–water partition coefficient (Wildman–Crippen LogP) is 2.48. The zero-order chi connectivity index (χ0) is 13.5. The van der Waals surface area contributed by atoms with Crippen molar-refractivity contribution in [1.82, 2.24) is 0 Å². The lowest BCUT2D eigenvalue weighted by molar-refractivity contribution is -0.750. The molecule has 2 heteroatoms. The summed E-state index contributed by atoms with van der Waals surface area (Å²) in [5.74, 6) is 0. The van der Waals surface area contributed by atoms with Gasteiger partial charge in [0.05, 0.1) is 13.2 Å². The zero-order valence-corrected chi connectivity index (χ0v) is 11.6. The van der Waals surface area contributed by atoms with Gasteiger partial charge >= 0.3 is 0 Å². The number of benzene rings is 2. The van der Waals surface area contributed by atoms with E-state index in [1.807, 2.05) is 12.1 Å². The van der Waals surface area contributed by atoms with Crippen LogP contribution < -0.4 is 9.80 Å². The van der Waals surface area contributed by atoms with Crippen LogP contribution in [0.4, 0.5) is 11.4 Å². The molecule has 1 atom stereocenters. The second-order valence-corrected chi connectivity index (χ2v) is 4.67. The summed E-state index contributed by atoms with van der Waals surface area (Å²) in [6.07, 6.45) is 4.39. The molecule has 0 heterocycles. The molecule has 0 aliphatic carbocycles. The van der Waals surface area contributed by atoms with Crippen LogP contribution in [-0.2, 0) is 0 Å². The van der Waals surface area contributed by atoms with E-state index in [0.29, 0.717) is 0 Å². The molecule has 1 unspecified atom stereocenters. The predicted molar refractivity (Wildman–Crippen MR) is 81.8 cm³/mol. The second-order valence-electron chi connectivity index (χ2n) is 4.67. The first kappa shape index (κ1) is 13.4. The van der Waals surface area contributed by atoms with Crippen molar-refractivity contribution in [1.29, 1.82) is 0 Å². The molecule has 2 aromatic carbocycles. The van der Waals surface area contributed by atoms with Gasteiger partial charge in [-0.2, -0.15) is 0 Å². The summed E-state index contributed by atoms with van der Waals surface area (Å²) in [5, 5.41) is 0. The standard InChI is InChI=1S/C17H20N2/c1-18(16-10-5-3-6-11-16)14-9-15-19(2)17-12-7-4-8-13-17/h3-14H,15H2,1-2H3/p+1/b14-9+. The van der Waals surface area contributed by atoms with Crippen LogP contribution in [0.3, 0.4) is 0 Å². The molecule has 0 spiro atoms. The number of rotatable bonds is 5. The molecule has 0 aromatic heterocycles. The molecule has 19 heavy (non-hydrogen) atoms. The number of anilines is 1. The summed E-state index contributed by atoms with van der Waals surface area (Å²) in [6, 6.07) is 20.9. The Balaban J connectivity index is 1.90. The lowest BCUT2D eigenvalue weighted by atomic mass is 10.3. The SMILES string of the molecule is CN(C/C=C/[NH+](C)c1ccccc1)c1ccccc1. The summed E-state index contributed by atoms with van der Waals surface area (Å²) in [5.41, 5.74) is 2.52. The van der Waals surface area contributed by atoms with Gasteiger partial charge < -0.3 is 4.90 Å². The first-order chi connectivity index (χ1) is 9.27. The largest absolute Gasteiger partial charge is 0.371 e. The van der Waals surface area contributed by atoms with Crippen molar-refractivity contribution < 1.29 is 4.90 Å². The van der Waals surface area contributed by atoms with Crippen LogP contribution in [0.25, 0.3) is 0 Å². The van der Waals surface area contributed by atoms with Crippen molar-refractivity contribution in [3.63, 3.8) is 0 Å². The molecular weight excluding hydrogens is 232 g/mol. The number of likely N-dealkylation sites (N-methyl/N-ethyl adjacent to an activating group) is 1. The molecule has 98 valence electrons.